The Bertz CT molecular complexity index is 927. The van der Waals surface area contributed by atoms with E-state index in [1.54, 1.807) is 4.31 Å². The number of hydrogen-bond donors (Lipinski definition) is 0. The third-order valence-corrected chi connectivity index (χ3v) is 7.38. The highest BCUT2D eigenvalue weighted by molar-refractivity contribution is 7.89. The summed E-state index contributed by atoms with van der Waals surface area (Å²) in [6.07, 6.45) is 0.623. The fourth-order valence-corrected chi connectivity index (χ4v) is 5.35. The molecule has 1 aliphatic rings. The van der Waals surface area contributed by atoms with Gasteiger partial charge < -0.3 is 4.57 Å². The summed E-state index contributed by atoms with van der Waals surface area (Å²) in [6.45, 7) is 8.27. The first-order valence-electron chi connectivity index (χ1n) is 9.81. The Balaban J connectivity index is 1.67. The number of hydrogen-bond acceptors (Lipinski definition) is 4. The summed E-state index contributed by atoms with van der Waals surface area (Å²) in [4.78, 5) is 15.0. The van der Waals surface area contributed by atoms with Crippen molar-refractivity contribution in [1.82, 2.24) is 13.8 Å². The van der Waals surface area contributed by atoms with Crippen molar-refractivity contribution in [2.45, 2.75) is 27.2 Å². The summed E-state index contributed by atoms with van der Waals surface area (Å²) in [6, 6.07) is 12.0. The van der Waals surface area contributed by atoms with Gasteiger partial charge in [-0.1, -0.05) is 25.1 Å². The average molecular weight is 404 g/mol. The van der Waals surface area contributed by atoms with Gasteiger partial charge in [-0.25, -0.2) is 8.42 Å². The second-order valence-corrected chi connectivity index (χ2v) is 9.46. The van der Waals surface area contributed by atoms with Crippen molar-refractivity contribution in [2.24, 2.45) is 0 Å². The van der Waals surface area contributed by atoms with E-state index in [-0.39, 0.29) is 11.5 Å². The molecule has 6 nitrogen and oxygen atoms in total. The highest BCUT2D eigenvalue weighted by Gasteiger charge is 2.27. The number of carbonyl (C=O) groups is 1. The molecule has 0 aliphatic carbocycles. The zero-order valence-electron chi connectivity index (χ0n) is 16.9. The minimum atomic E-state index is -3.16. The number of ketones is 1. The van der Waals surface area contributed by atoms with Crippen LogP contribution in [-0.4, -0.2) is 66.4 Å². The van der Waals surface area contributed by atoms with Crippen LogP contribution >= 0.6 is 0 Å². The number of aryl methyl sites for hydroxylation is 1. The molecule has 2 aromatic rings. The molecule has 3 rings (SSSR count). The SMILES string of the molecule is CCCS(=O)(=O)N1CCN(CC(=O)c2cc(C)n(-c3ccccc3)c2C)CC1. The smallest absolute Gasteiger partial charge is 0.214 e. The molecule has 0 saturated carbocycles. The number of piperazine rings is 1. The summed E-state index contributed by atoms with van der Waals surface area (Å²) in [5.74, 6) is 0.275. The highest BCUT2D eigenvalue weighted by atomic mass is 32.2. The van der Waals surface area contributed by atoms with Crippen LogP contribution in [0.25, 0.3) is 5.69 Å². The summed E-state index contributed by atoms with van der Waals surface area (Å²) < 4.78 is 28.0. The van der Waals surface area contributed by atoms with Crippen LogP contribution in [0.2, 0.25) is 0 Å². The van der Waals surface area contributed by atoms with Crippen molar-refractivity contribution in [3.63, 3.8) is 0 Å². The molecule has 0 unspecified atom stereocenters. The maximum atomic E-state index is 12.9. The van der Waals surface area contributed by atoms with Gasteiger partial charge in [-0.05, 0) is 38.5 Å². The Morgan fingerprint density at radius 3 is 2.29 bits per heavy atom. The molecule has 1 fully saturated rings. The number of Topliss-reactive ketones (excluding diaryl/α,β-unsaturated/α-hetero) is 1. The second-order valence-electron chi connectivity index (χ2n) is 7.37. The van der Waals surface area contributed by atoms with Crippen LogP contribution < -0.4 is 0 Å². The Hall–Kier alpha value is -1.96. The molecule has 1 saturated heterocycles. The lowest BCUT2D eigenvalue weighted by Crippen LogP contribution is -2.50. The molecule has 2 heterocycles. The van der Waals surface area contributed by atoms with Gasteiger partial charge in [-0.2, -0.15) is 4.31 Å². The summed E-state index contributed by atoms with van der Waals surface area (Å²) >= 11 is 0. The molecule has 0 radical (unpaired) electrons. The van der Waals surface area contributed by atoms with Crippen molar-refractivity contribution in [2.75, 3.05) is 38.5 Å². The zero-order valence-corrected chi connectivity index (χ0v) is 17.7. The van der Waals surface area contributed by atoms with Crippen molar-refractivity contribution in [3.05, 3.63) is 53.3 Å². The fraction of sp³-hybridized carbons (Fsp3) is 0.476. The van der Waals surface area contributed by atoms with E-state index in [1.807, 2.05) is 57.2 Å². The van der Waals surface area contributed by atoms with E-state index in [9.17, 15) is 13.2 Å². The Morgan fingerprint density at radius 1 is 1.04 bits per heavy atom. The molecular formula is C21H29N3O3S. The van der Waals surface area contributed by atoms with E-state index >= 15 is 0 Å². The molecule has 1 aliphatic heterocycles. The highest BCUT2D eigenvalue weighted by Crippen LogP contribution is 2.21. The van der Waals surface area contributed by atoms with Crippen LogP contribution in [0.3, 0.4) is 0 Å². The molecule has 7 heteroatoms. The van der Waals surface area contributed by atoms with Gasteiger partial charge in [-0.15, -0.1) is 0 Å². The molecule has 0 atom stereocenters. The van der Waals surface area contributed by atoms with Gasteiger partial charge in [-0.3, -0.25) is 9.69 Å². The van der Waals surface area contributed by atoms with Gasteiger partial charge in [0.05, 0.1) is 12.3 Å². The number of benzene rings is 1. The van der Waals surface area contributed by atoms with Crippen LogP contribution in [-0.2, 0) is 10.0 Å². The van der Waals surface area contributed by atoms with Gasteiger partial charge in [0.1, 0.15) is 0 Å². The molecule has 0 spiro atoms. The number of para-hydroxylation sites is 1. The van der Waals surface area contributed by atoms with E-state index in [2.05, 4.69) is 9.47 Å². The van der Waals surface area contributed by atoms with Crippen LogP contribution in [0.15, 0.2) is 36.4 Å². The quantitative estimate of drug-likeness (QED) is 0.667. The summed E-state index contributed by atoms with van der Waals surface area (Å²) in [5.41, 5.74) is 3.76. The molecule has 28 heavy (non-hydrogen) atoms. The molecule has 0 bridgehead atoms. The van der Waals surface area contributed by atoms with E-state index in [4.69, 9.17) is 0 Å². The predicted octanol–water partition coefficient (Wildman–Crippen LogP) is 2.63. The lowest BCUT2D eigenvalue weighted by atomic mass is 10.1. The lowest BCUT2D eigenvalue weighted by Gasteiger charge is -2.33. The van der Waals surface area contributed by atoms with Gasteiger partial charge in [0.25, 0.3) is 0 Å². The third-order valence-electron chi connectivity index (χ3n) is 5.30. The van der Waals surface area contributed by atoms with Crippen molar-refractivity contribution in [3.8, 4) is 5.69 Å². The maximum absolute atomic E-state index is 12.9. The Kier molecular flexibility index (Phi) is 6.37. The first-order valence-corrected chi connectivity index (χ1v) is 11.4. The molecule has 0 amide bonds. The Labute approximate surface area is 167 Å². The summed E-state index contributed by atoms with van der Waals surface area (Å²) in [5, 5.41) is 0. The molecule has 1 aromatic carbocycles. The molecular weight excluding hydrogens is 374 g/mol. The van der Waals surface area contributed by atoms with E-state index in [1.165, 1.54) is 0 Å². The van der Waals surface area contributed by atoms with Gasteiger partial charge in [0, 0.05) is 48.8 Å². The van der Waals surface area contributed by atoms with E-state index < -0.39 is 10.0 Å². The van der Waals surface area contributed by atoms with Crippen LogP contribution in [0.4, 0.5) is 0 Å². The van der Waals surface area contributed by atoms with E-state index in [0.717, 1.165) is 22.6 Å². The number of aromatic nitrogens is 1. The number of carbonyl (C=O) groups excluding carboxylic acids is 1. The lowest BCUT2D eigenvalue weighted by molar-refractivity contribution is 0.0901. The number of sulfonamides is 1. The molecule has 0 N–H and O–H groups in total. The third kappa shape index (κ3) is 4.37. The average Bonchev–Trinajstić information content (AvgIpc) is 2.97. The minimum absolute atomic E-state index is 0.0835. The van der Waals surface area contributed by atoms with Crippen LogP contribution in [0.5, 0.6) is 0 Å². The monoisotopic (exact) mass is 403 g/mol. The van der Waals surface area contributed by atoms with Crippen molar-refractivity contribution in [1.29, 1.82) is 0 Å². The number of rotatable bonds is 7. The normalized spacial score (nSPS) is 16.4. The van der Waals surface area contributed by atoms with Crippen LogP contribution in [0, 0.1) is 13.8 Å². The van der Waals surface area contributed by atoms with Gasteiger partial charge in [0.15, 0.2) is 5.78 Å². The fourth-order valence-electron chi connectivity index (χ4n) is 3.86. The van der Waals surface area contributed by atoms with Crippen molar-refractivity contribution >= 4 is 15.8 Å². The molecule has 152 valence electrons. The first kappa shape index (κ1) is 20.8. The second kappa shape index (κ2) is 8.59. The largest absolute Gasteiger partial charge is 0.318 e. The van der Waals surface area contributed by atoms with Gasteiger partial charge >= 0.3 is 0 Å². The van der Waals surface area contributed by atoms with Crippen molar-refractivity contribution < 1.29 is 13.2 Å². The molecule has 1 aromatic heterocycles. The Morgan fingerprint density at radius 2 is 1.68 bits per heavy atom. The van der Waals surface area contributed by atoms with Gasteiger partial charge in [0.2, 0.25) is 10.0 Å². The topological polar surface area (TPSA) is 62.6 Å². The first-order chi connectivity index (χ1) is 13.3. The standard InChI is InChI=1S/C21H29N3O3S/c1-4-14-28(26,27)23-12-10-22(11-13-23)16-21(25)20-15-17(2)24(18(20)3)19-8-6-5-7-9-19/h5-9,15H,4,10-14,16H2,1-3H3. The zero-order chi connectivity index (χ0) is 20.3. The van der Waals surface area contributed by atoms with Crippen LogP contribution in [0.1, 0.15) is 35.1 Å². The predicted molar refractivity (Wildman–Crippen MR) is 112 cm³/mol. The summed E-state index contributed by atoms with van der Waals surface area (Å²) in [7, 11) is -3.16. The maximum Gasteiger partial charge on any atom is 0.214 e. The van der Waals surface area contributed by atoms with E-state index in [0.29, 0.717) is 39.1 Å². The minimum Gasteiger partial charge on any atom is -0.318 e. The number of nitrogens with zero attached hydrogens (tertiary/aromatic N) is 3.